The number of nitrogens with zero attached hydrogens (tertiary/aromatic N) is 3. The molecule has 0 spiro atoms. The van der Waals surface area contributed by atoms with E-state index in [1.807, 2.05) is 35.2 Å². The maximum absolute atomic E-state index is 13.9. The van der Waals surface area contributed by atoms with Crippen LogP contribution < -0.4 is 5.32 Å². The third-order valence-corrected chi connectivity index (χ3v) is 9.25. The van der Waals surface area contributed by atoms with Gasteiger partial charge in [-0.15, -0.1) is 0 Å². The highest BCUT2D eigenvalue weighted by Crippen LogP contribution is 2.38. The van der Waals surface area contributed by atoms with Gasteiger partial charge in [-0.05, 0) is 62.7 Å². The number of nitrogens with one attached hydrogen (secondary N) is 1. The molecular formula is C32H44N4O4. The van der Waals surface area contributed by atoms with E-state index in [-0.39, 0.29) is 47.6 Å². The van der Waals surface area contributed by atoms with Crippen molar-refractivity contribution in [2.24, 2.45) is 23.7 Å². The summed E-state index contributed by atoms with van der Waals surface area (Å²) in [5.41, 5.74) is 1.97. The second-order valence-corrected chi connectivity index (χ2v) is 12.7. The highest BCUT2D eigenvalue weighted by atomic mass is 16.5. The van der Waals surface area contributed by atoms with Gasteiger partial charge in [0.1, 0.15) is 17.0 Å². The van der Waals surface area contributed by atoms with Crippen molar-refractivity contribution >= 4 is 17.7 Å². The number of carbonyl (C=O) groups is 3. The number of aromatic nitrogens is 1. The second-order valence-electron chi connectivity index (χ2n) is 12.7. The molecule has 3 aliphatic heterocycles. The predicted octanol–water partition coefficient (Wildman–Crippen LogP) is 5.07. The molecule has 0 radical (unpaired) electrons. The zero-order valence-electron chi connectivity index (χ0n) is 24.4. The summed E-state index contributed by atoms with van der Waals surface area (Å²) in [5, 5.41) is 7.49. The lowest BCUT2D eigenvalue weighted by atomic mass is 9.77. The zero-order chi connectivity index (χ0) is 28.4. The van der Waals surface area contributed by atoms with E-state index in [4.69, 9.17) is 4.52 Å². The molecule has 3 fully saturated rings. The Morgan fingerprint density at radius 2 is 1.85 bits per heavy atom. The molecule has 0 unspecified atom stereocenters. The van der Waals surface area contributed by atoms with Crippen LogP contribution in [0.3, 0.4) is 0 Å². The van der Waals surface area contributed by atoms with Crippen molar-refractivity contribution in [3.8, 4) is 11.3 Å². The Kier molecular flexibility index (Phi) is 8.62. The molecule has 1 aromatic carbocycles. The molecule has 2 bridgehead atoms. The molecule has 0 saturated carbocycles. The molecule has 3 amide bonds. The van der Waals surface area contributed by atoms with Crippen molar-refractivity contribution in [2.45, 2.75) is 84.7 Å². The predicted molar refractivity (Wildman–Crippen MR) is 153 cm³/mol. The molecular weight excluding hydrogens is 504 g/mol. The molecule has 8 nitrogen and oxygen atoms in total. The minimum Gasteiger partial charge on any atom is -0.360 e. The van der Waals surface area contributed by atoms with Gasteiger partial charge in [0.05, 0.1) is 0 Å². The Morgan fingerprint density at radius 1 is 1.07 bits per heavy atom. The van der Waals surface area contributed by atoms with Gasteiger partial charge in [0.25, 0.3) is 5.91 Å². The summed E-state index contributed by atoms with van der Waals surface area (Å²) in [7, 11) is 0. The lowest BCUT2D eigenvalue weighted by molar-refractivity contribution is -0.141. The first kappa shape index (κ1) is 28.4. The SMILES string of the molecule is Cc1onc(-c2ccccc2)c1C(=O)N1C[C@@H]2C[C@H](C1)[C@@H]1CCCC(=O)N[C@H](C(C)C)CC[C@@H](C)CC(=O)N1C2. The summed E-state index contributed by atoms with van der Waals surface area (Å²) in [6.45, 7) is 10.1. The van der Waals surface area contributed by atoms with Crippen molar-refractivity contribution in [3.05, 3.63) is 41.7 Å². The van der Waals surface area contributed by atoms with Crippen molar-refractivity contribution in [3.63, 3.8) is 0 Å². The molecule has 2 aromatic rings. The molecule has 1 N–H and O–H groups in total. The van der Waals surface area contributed by atoms with E-state index in [1.165, 1.54) is 0 Å². The highest BCUT2D eigenvalue weighted by Gasteiger charge is 2.44. The number of rotatable bonds is 3. The van der Waals surface area contributed by atoms with Crippen LogP contribution in [0.15, 0.2) is 34.9 Å². The van der Waals surface area contributed by atoms with Crippen LogP contribution in [-0.2, 0) is 9.59 Å². The normalized spacial score (nSPS) is 28.3. The first-order valence-electron chi connectivity index (χ1n) is 15.1. The molecule has 3 aliphatic rings. The zero-order valence-corrected chi connectivity index (χ0v) is 24.4. The molecule has 0 aliphatic carbocycles. The fourth-order valence-electron chi connectivity index (χ4n) is 7.05. The monoisotopic (exact) mass is 548 g/mol. The smallest absolute Gasteiger partial charge is 0.259 e. The van der Waals surface area contributed by atoms with E-state index in [0.29, 0.717) is 55.4 Å². The van der Waals surface area contributed by atoms with Gasteiger partial charge in [0, 0.05) is 50.1 Å². The summed E-state index contributed by atoms with van der Waals surface area (Å²) < 4.78 is 5.50. The van der Waals surface area contributed by atoms with Crippen molar-refractivity contribution in [1.29, 1.82) is 0 Å². The fourth-order valence-corrected chi connectivity index (χ4v) is 7.05. The van der Waals surface area contributed by atoms with Crippen LogP contribution >= 0.6 is 0 Å². The van der Waals surface area contributed by atoms with Gasteiger partial charge in [0.2, 0.25) is 11.8 Å². The van der Waals surface area contributed by atoms with Crippen LogP contribution in [0.25, 0.3) is 11.3 Å². The Balaban J connectivity index is 1.35. The lowest BCUT2D eigenvalue weighted by Crippen LogP contribution is -2.60. The Labute approximate surface area is 237 Å². The number of amides is 3. The maximum Gasteiger partial charge on any atom is 0.259 e. The standard InChI is InChI=1S/C32H44N4O4/c1-20(2)26-14-13-21(3)15-29(38)36-18-23-16-25(27(36)11-8-12-28(37)33-26)19-35(17-23)32(39)30-22(4)40-34-31(30)24-9-6-5-7-10-24/h5-7,9-10,20-21,23,25-27H,8,11-19H2,1-4H3,(H,33,37)/t21-,23+,25-,26+,27+/m1/s1. The average molecular weight is 549 g/mol. The van der Waals surface area contributed by atoms with Crippen LogP contribution in [0.2, 0.25) is 0 Å². The fraction of sp³-hybridized carbons (Fsp3) is 0.625. The summed E-state index contributed by atoms with van der Waals surface area (Å²) in [4.78, 5) is 44.5. The number of benzene rings is 1. The van der Waals surface area contributed by atoms with E-state index >= 15 is 0 Å². The number of piperidine rings is 2. The number of hydrogen-bond acceptors (Lipinski definition) is 5. The molecule has 8 heteroatoms. The molecule has 1 aromatic heterocycles. The van der Waals surface area contributed by atoms with E-state index in [1.54, 1.807) is 6.92 Å². The lowest BCUT2D eigenvalue weighted by Gasteiger charge is -2.51. The summed E-state index contributed by atoms with van der Waals surface area (Å²) in [5.74, 6) is 1.86. The van der Waals surface area contributed by atoms with Gasteiger partial charge in [-0.25, -0.2) is 0 Å². The third kappa shape index (κ3) is 6.11. The van der Waals surface area contributed by atoms with Crippen LogP contribution in [0.5, 0.6) is 0 Å². The van der Waals surface area contributed by atoms with E-state index < -0.39 is 0 Å². The molecule has 3 saturated heterocycles. The topological polar surface area (TPSA) is 95.7 Å². The first-order chi connectivity index (χ1) is 19.2. The molecule has 5 atom stereocenters. The summed E-state index contributed by atoms with van der Waals surface area (Å²) in [6.07, 6.45) is 5.35. The molecule has 40 heavy (non-hydrogen) atoms. The number of carbonyl (C=O) groups excluding carboxylic acids is 3. The highest BCUT2D eigenvalue weighted by molar-refractivity contribution is 6.00. The molecule has 4 heterocycles. The van der Waals surface area contributed by atoms with Crippen LogP contribution in [0.1, 0.15) is 81.8 Å². The molecule has 5 rings (SSSR count). The van der Waals surface area contributed by atoms with Gasteiger partial charge in [-0.3, -0.25) is 14.4 Å². The van der Waals surface area contributed by atoms with Crippen LogP contribution in [0.4, 0.5) is 0 Å². The molecule has 216 valence electrons. The van der Waals surface area contributed by atoms with Gasteiger partial charge in [-0.2, -0.15) is 0 Å². The van der Waals surface area contributed by atoms with Crippen molar-refractivity contribution < 1.29 is 18.9 Å². The van der Waals surface area contributed by atoms with E-state index in [9.17, 15) is 14.4 Å². The second kappa shape index (κ2) is 12.1. The Hall–Kier alpha value is -3.16. The number of aryl methyl sites for hydroxylation is 1. The van der Waals surface area contributed by atoms with Gasteiger partial charge < -0.3 is 19.6 Å². The Bertz CT molecular complexity index is 1210. The van der Waals surface area contributed by atoms with Crippen molar-refractivity contribution in [2.75, 3.05) is 19.6 Å². The van der Waals surface area contributed by atoms with Gasteiger partial charge in [0.15, 0.2) is 0 Å². The quantitative estimate of drug-likeness (QED) is 0.578. The van der Waals surface area contributed by atoms with E-state index in [0.717, 1.165) is 37.7 Å². The minimum absolute atomic E-state index is 0.0400. The maximum atomic E-state index is 13.9. The first-order valence-corrected chi connectivity index (χ1v) is 15.1. The van der Waals surface area contributed by atoms with Gasteiger partial charge >= 0.3 is 0 Å². The van der Waals surface area contributed by atoms with Gasteiger partial charge in [-0.1, -0.05) is 56.3 Å². The number of likely N-dealkylation sites (tertiary alicyclic amines) is 1. The largest absolute Gasteiger partial charge is 0.360 e. The number of hydrogen-bond donors (Lipinski definition) is 1. The van der Waals surface area contributed by atoms with E-state index in [2.05, 4.69) is 36.1 Å². The summed E-state index contributed by atoms with van der Waals surface area (Å²) in [6, 6.07) is 9.87. The third-order valence-electron chi connectivity index (χ3n) is 9.25. The van der Waals surface area contributed by atoms with Crippen LogP contribution in [-0.4, -0.2) is 64.4 Å². The van der Waals surface area contributed by atoms with Crippen molar-refractivity contribution in [1.82, 2.24) is 20.3 Å². The average Bonchev–Trinajstić information content (AvgIpc) is 3.32. The van der Waals surface area contributed by atoms with Crippen LogP contribution in [0, 0.1) is 30.6 Å². The number of fused-ring (bicyclic) bond motifs is 4. The summed E-state index contributed by atoms with van der Waals surface area (Å²) >= 11 is 0. The Morgan fingerprint density at radius 3 is 2.60 bits per heavy atom. The minimum atomic E-state index is -0.0514.